The first-order valence-electron chi connectivity index (χ1n) is 6.43. The molecule has 0 aliphatic rings. The van der Waals surface area contributed by atoms with E-state index in [9.17, 15) is 4.79 Å². The molecule has 0 aliphatic carbocycles. The van der Waals surface area contributed by atoms with E-state index < -0.39 is 5.97 Å². The van der Waals surface area contributed by atoms with E-state index in [-0.39, 0.29) is 5.60 Å². The Balaban J connectivity index is 2.67. The Hall–Kier alpha value is -1.88. The molecule has 5 heteroatoms. The molecule has 0 atom stereocenters. The maximum atomic E-state index is 10.6. The van der Waals surface area contributed by atoms with E-state index in [0.717, 1.165) is 11.8 Å². The molecule has 5 nitrogen and oxygen atoms in total. The molecule has 1 rings (SSSR count). The number of rotatable bonds is 6. The second kappa shape index (κ2) is 7.05. The van der Waals surface area contributed by atoms with E-state index in [1.165, 1.54) is 6.08 Å². The van der Waals surface area contributed by atoms with Gasteiger partial charge >= 0.3 is 5.97 Å². The van der Waals surface area contributed by atoms with Gasteiger partial charge < -0.3 is 14.6 Å². The zero-order valence-corrected chi connectivity index (χ0v) is 12.3. The van der Waals surface area contributed by atoms with Crippen molar-refractivity contribution in [2.24, 2.45) is 0 Å². The molecule has 0 saturated carbocycles. The molecule has 0 radical (unpaired) electrons. The lowest BCUT2D eigenvalue weighted by Crippen LogP contribution is -2.22. The minimum absolute atomic E-state index is 0.207. The van der Waals surface area contributed by atoms with E-state index in [0.29, 0.717) is 24.7 Å². The van der Waals surface area contributed by atoms with Crippen molar-refractivity contribution in [3.8, 4) is 5.75 Å². The van der Waals surface area contributed by atoms with Gasteiger partial charge in [0.15, 0.2) is 0 Å². The topological polar surface area (TPSA) is 68.7 Å². The number of carboxylic acids is 1. The Morgan fingerprint density at radius 3 is 2.65 bits per heavy atom. The fourth-order valence-corrected chi connectivity index (χ4v) is 1.46. The highest BCUT2D eigenvalue weighted by Crippen LogP contribution is 2.18. The molecular weight excluding hydrogens is 258 g/mol. The minimum atomic E-state index is -1.02. The van der Waals surface area contributed by atoms with Crippen LogP contribution in [0.2, 0.25) is 0 Å². The van der Waals surface area contributed by atoms with Gasteiger partial charge in [0.05, 0.1) is 12.2 Å². The van der Waals surface area contributed by atoms with Crippen LogP contribution in [0.3, 0.4) is 0 Å². The van der Waals surface area contributed by atoms with Crippen LogP contribution in [0, 0.1) is 6.92 Å². The number of hydrogen-bond donors (Lipinski definition) is 1. The number of pyridine rings is 1. The van der Waals surface area contributed by atoms with Gasteiger partial charge in [-0.25, -0.2) is 9.78 Å². The summed E-state index contributed by atoms with van der Waals surface area (Å²) in [4.78, 5) is 14.8. The summed E-state index contributed by atoms with van der Waals surface area (Å²) in [5.74, 6) is -0.471. The second-order valence-corrected chi connectivity index (χ2v) is 5.32. The summed E-state index contributed by atoms with van der Waals surface area (Å²) in [6, 6.07) is 3.60. The molecule has 20 heavy (non-hydrogen) atoms. The molecule has 0 saturated heterocycles. The molecule has 0 bridgehead atoms. The lowest BCUT2D eigenvalue weighted by atomic mass is 10.2. The van der Waals surface area contributed by atoms with Crippen molar-refractivity contribution in [1.82, 2.24) is 4.98 Å². The van der Waals surface area contributed by atoms with Crippen molar-refractivity contribution in [2.45, 2.75) is 33.3 Å². The predicted molar refractivity (Wildman–Crippen MR) is 76.8 cm³/mol. The van der Waals surface area contributed by atoms with Gasteiger partial charge in [-0.2, -0.15) is 0 Å². The molecule has 0 amide bonds. The van der Waals surface area contributed by atoms with Crippen LogP contribution in [0.4, 0.5) is 0 Å². The van der Waals surface area contributed by atoms with Crippen molar-refractivity contribution in [1.29, 1.82) is 0 Å². The maximum absolute atomic E-state index is 10.6. The smallest absolute Gasteiger partial charge is 0.328 e. The second-order valence-electron chi connectivity index (χ2n) is 5.32. The van der Waals surface area contributed by atoms with Crippen molar-refractivity contribution < 1.29 is 19.4 Å². The van der Waals surface area contributed by atoms with E-state index in [1.54, 1.807) is 6.07 Å². The summed E-state index contributed by atoms with van der Waals surface area (Å²) >= 11 is 0. The third kappa shape index (κ3) is 6.33. The molecule has 1 heterocycles. The Morgan fingerprint density at radius 1 is 1.35 bits per heavy atom. The van der Waals surface area contributed by atoms with Crippen molar-refractivity contribution in [3.63, 3.8) is 0 Å². The van der Waals surface area contributed by atoms with E-state index in [1.807, 2.05) is 33.8 Å². The number of hydrogen-bond acceptors (Lipinski definition) is 4. The summed E-state index contributed by atoms with van der Waals surface area (Å²) in [6.07, 6.45) is 2.47. The molecule has 1 aromatic heterocycles. The maximum Gasteiger partial charge on any atom is 0.328 e. The highest BCUT2D eigenvalue weighted by molar-refractivity contribution is 5.85. The average molecular weight is 279 g/mol. The van der Waals surface area contributed by atoms with Crippen LogP contribution in [-0.4, -0.2) is 34.9 Å². The Labute approximate surface area is 119 Å². The summed E-state index contributed by atoms with van der Waals surface area (Å²) < 4.78 is 11.1. The Morgan fingerprint density at radius 2 is 2.05 bits per heavy atom. The highest BCUT2D eigenvalue weighted by Gasteiger charge is 2.10. The van der Waals surface area contributed by atoms with Crippen LogP contribution >= 0.6 is 0 Å². The van der Waals surface area contributed by atoms with E-state index >= 15 is 0 Å². The summed E-state index contributed by atoms with van der Waals surface area (Å²) in [5, 5.41) is 8.66. The molecule has 1 N–H and O–H groups in total. The quantitative estimate of drug-likeness (QED) is 0.640. The number of aryl methyl sites for hydroxylation is 1. The van der Waals surface area contributed by atoms with Gasteiger partial charge in [-0.3, -0.25) is 0 Å². The molecule has 1 aromatic rings. The first-order valence-corrected chi connectivity index (χ1v) is 6.43. The number of aliphatic carboxylic acids is 1. The van der Waals surface area contributed by atoms with E-state index in [2.05, 4.69) is 4.98 Å². The van der Waals surface area contributed by atoms with Gasteiger partial charge in [0.2, 0.25) is 0 Å². The molecule has 0 aliphatic heterocycles. The van der Waals surface area contributed by atoms with Gasteiger partial charge in [-0.15, -0.1) is 0 Å². The van der Waals surface area contributed by atoms with Crippen LogP contribution in [-0.2, 0) is 9.53 Å². The van der Waals surface area contributed by atoms with Crippen LogP contribution in [0.15, 0.2) is 18.2 Å². The lowest BCUT2D eigenvalue weighted by molar-refractivity contribution is -0.131. The number of nitrogens with zero attached hydrogens (tertiary/aromatic N) is 1. The van der Waals surface area contributed by atoms with Crippen LogP contribution in [0.1, 0.15) is 32.2 Å². The largest absolute Gasteiger partial charge is 0.489 e. The molecule has 0 aromatic carbocycles. The lowest BCUT2D eigenvalue weighted by Gasteiger charge is -2.19. The van der Waals surface area contributed by atoms with E-state index in [4.69, 9.17) is 14.6 Å². The molecule has 0 spiro atoms. The SMILES string of the molecule is Cc1ccc(OCCOC(C)(C)C)c(/C=C/C(=O)O)n1. The number of ether oxygens (including phenoxy) is 2. The standard InChI is InChI=1S/C15H21NO4/c1-11-5-7-13(12(16-11)6-8-14(17)18)19-9-10-20-15(2,3)4/h5-8H,9-10H2,1-4H3,(H,17,18)/b8-6+. The Bertz CT molecular complexity index is 489. The fourth-order valence-electron chi connectivity index (χ4n) is 1.46. The van der Waals surface area contributed by atoms with Crippen LogP contribution in [0.25, 0.3) is 6.08 Å². The van der Waals surface area contributed by atoms with Gasteiger partial charge in [-0.05, 0) is 45.9 Å². The van der Waals surface area contributed by atoms with Crippen LogP contribution < -0.4 is 4.74 Å². The third-order valence-electron chi connectivity index (χ3n) is 2.28. The first kappa shape index (κ1) is 16.2. The molecule has 0 unspecified atom stereocenters. The number of carbonyl (C=O) groups is 1. The molecule has 110 valence electrons. The van der Waals surface area contributed by atoms with Crippen molar-refractivity contribution in [2.75, 3.05) is 13.2 Å². The van der Waals surface area contributed by atoms with Crippen molar-refractivity contribution in [3.05, 3.63) is 29.6 Å². The normalized spacial score (nSPS) is 11.8. The molecular formula is C15H21NO4. The first-order chi connectivity index (χ1) is 9.28. The highest BCUT2D eigenvalue weighted by atomic mass is 16.5. The minimum Gasteiger partial charge on any atom is -0.489 e. The monoisotopic (exact) mass is 279 g/mol. The fraction of sp³-hybridized carbons (Fsp3) is 0.467. The summed E-state index contributed by atoms with van der Waals surface area (Å²) in [7, 11) is 0. The zero-order chi connectivity index (χ0) is 15.2. The Kier molecular flexibility index (Phi) is 5.70. The average Bonchev–Trinajstić information content (AvgIpc) is 2.32. The third-order valence-corrected chi connectivity index (χ3v) is 2.28. The van der Waals surface area contributed by atoms with Crippen LogP contribution in [0.5, 0.6) is 5.75 Å². The number of carboxylic acid groups (broad SMARTS) is 1. The van der Waals surface area contributed by atoms with Gasteiger partial charge in [0.25, 0.3) is 0 Å². The van der Waals surface area contributed by atoms with Crippen molar-refractivity contribution >= 4 is 12.0 Å². The van der Waals surface area contributed by atoms with Gasteiger partial charge in [-0.1, -0.05) is 0 Å². The summed E-state index contributed by atoms with van der Waals surface area (Å²) in [5.41, 5.74) is 1.09. The van der Waals surface area contributed by atoms with Gasteiger partial charge in [0.1, 0.15) is 18.1 Å². The predicted octanol–water partition coefficient (Wildman–Crippen LogP) is 2.68. The van der Waals surface area contributed by atoms with Gasteiger partial charge in [0, 0.05) is 11.8 Å². The zero-order valence-electron chi connectivity index (χ0n) is 12.3. The molecule has 0 fully saturated rings. The summed E-state index contributed by atoms with van der Waals surface area (Å²) in [6.45, 7) is 8.60. The number of aromatic nitrogens is 1.